The zero-order valence-corrected chi connectivity index (χ0v) is 11.4. The first-order chi connectivity index (χ1) is 7.63. The molecule has 1 unspecified atom stereocenters. The molecule has 0 aliphatic carbocycles. The van der Waals surface area contributed by atoms with E-state index in [2.05, 4.69) is 19.2 Å². The molecule has 1 nitrogen and oxygen atoms in total. The molecule has 0 aliphatic rings. The number of halogens is 2. The van der Waals surface area contributed by atoms with E-state index in [4.69, 9.17) is 23.2 Å². The molecule has 90 valence electrons. The van der Waals surface area contributed by atoms with Crippen LogP contribution in [0.25, 0.3) is 0 Å². The normalized spacial score (nSPS) is 12.8. The molecule has 1 N–H and O–H groups in total. The van der Waals surface area contributed by atoms with E-state index in [1.54, 1.807) is 0 Å². The van der Waals surface area contributed by atoms with Gasteiger partial charge in [-0.3, -0.25) is 0 Å². The predicted octanol–water partition coefficient (Wildman–Crippen LogP) is 4.17. The van der Waals surface area contributed by atoms with Gasteiger partial charge in [0.15, 0.2) is 0 Å². The summed E-state index contributed by atoms with van der Waals surface area (Å²) in [6, 6.07) is 5.66. The Morgan fingerprint density at radius 2 is 2.06 bits per heavy atom. The van der Waals surface area contributed by atoms with Crippen molar-refractivity contribution in [1.29, 1.82) is 0 Å². The highest BCUT2D eigenvalue weighted by Gasteiger charge is 2.05. The maximum Gasteiger partial charge on any atom is 0.0439 e. The molecular weight excluding hydrogens is 241 g/mol. The Kier molecular flexibility index (Phi) is 6.18. The van der Waals surface area contributed by atoms with Gasteiger partial charge in [0.05, 0.1) is 0 Å². The number of aryl methyl sites for hydroxylation is 1. The van der Waals surface area contributed by atoms with Crippen molar-refractivity contribution in [2.75, 3.05) is 13.1 Å². The van der Waals surface area contributed by atoms with Crippen molar-refractivity contribution in [2.45, 2.75) is 26.7 Å². The molecule has 0 amide bonds. The summed E-state index contributed by atoms with van der Waals surface area (Å²) in [5, 5.41) is 4.93. The van der Waals surface area contributed by atoms with Crippen LogP contribution in [0.15, 0.2) is 18.2 Å². The lowest BCUT2D eigenvalue weighted by Crippen LogP contribution is -2.20. The summed E-state index contributed by atoms with van der Waals surface area (Å²) in [4.78, 5) is 0. The Bertz CT molecular complexity index is 326. The summed E-state index contributed by atoms with van der Waals surface area (Å²) in [6.07, 6.45) is 2.12. The van der Waals surface area contributed by atoms with Crippen LogP contribution in [-0.2, 0) is 6.42 Å². The van der Waals surface area contributed by atoms with Crippen LogP contribution in [0.2, 0.25) is 10.0 Å². The van der Waals surface area contributed by atoms with Gasteiger partial charge in [-0.1, -0.05) is 37.0 Å². The van der Waals surface area contributed by atoms with E-state index in [1.807, 2.05) is 18.2 Å². The fourth-order valence-corrected chi connectivity index (χ4v) is 2.04. The topological polar surface area (TPSA) is 12.0 Å². The number of hydrogen-bond donors (Lipinski definition) is 1. The molecule has 0 heterocycles. The summed E-state index contributed by atoms with van der Waals surface area (Å²) in [5.74, 6) is 0.662. The third kappa shape index (κ3) is 4.73. The minimum absolute atomic E-state index is 0.662. The highest BCUT2D eigenvalue weighted by atomic mass is 35.5. The molecule has 1 atom stereocenters. The molecule has 0 aliphatic heterocycles. The van der Waals surface area contributed by atoms with Gasteiger partial charge >= 0.3 is 0 Å². The molecule has 0 fully saturated rings. The summed E-state index contributed by atoms with van der Waals surface area (Å²) >= 11 is 12.1. The van der Waals surface area contributed by atoms with Crippen LogP contribution in [0.4, 0.5) is 0 Å². The van der Waals surface area contributed by atoms with Crippen molar-refractivity contribution >= 4 is 23.2 Å². The molecule has 0 aromatic heterocycles. The third-order valence-electron chi connectivity index (χ3n) is 2.66. The second-order valence-corrected chi connectivity index (χ2v) is 5.03. The lowest BCUT2D eigenvalue weighted by Gasteiger charge is -2.12. The van der Waals surface area contributed by atoms with E-state index in [-0.39, 0.29) is 0 Å². The first-order valence-corrected chi connectivity index (χ1v) is 6.53. The van der Waals surface area contributed by atoms with Crippen molar-refractivity contribution in [2.24, 2.45) is 5.92 Å². The minimum atomic E-state index is 0.662. The Balaban J connectivity index is 2.44. The van der Waals surface area contributed by atoms with Gasteiger partial charge < -0.3 is 5.32 Å². The van der Waals surface area contributed by atoms with Gasteiger partial charge in [0.25, 0.3) is 0 Å². The number of rotatable bonds is 6. The van der Waals surface area contributed by atoms with Crippen LogP contribution in [0.1, 0.15) is 25.8 Å². The molecule has 1 aromatic carbocycles. The van der Waals surface area contributed by atoms with Gasteiger partial charge in [-0.05, 0) is 55.6 Å². The van der Waals surface area contributed by atoms with Crippen molar-refractivity contribution in [3.8, 4) is 0 Å². The molecule has 0 spiro atoms. The molecule has 16 heavy (non-hydrogen) atoms. The highest BCUT2D eigenvalue weighted by molar-refractivity contribution is 6.33. The maximum absolute atomic E-state index is 6.11. The molecule has 3 heteroatoms. The van der Waals surface area contributed by atoms with E-state index >= 15 is 0 Å². The van der Waals surface area contributed by atoms with Gasteiger partial charge in [0.2, 0.25) is 0 Å². The van der Waals surface area contributed by atoms with Crippen LogP contribution < -0.4 is 5.32 Å². The molecular formula is C13H19Cl2N. The smallest absolute Gasteiger partial charge is 0.0439 e. The van der Waals surface area contributed by atoms with Crippen LogP contribution in [0, 0.1) is 5.92 Å². The van der Waals surface area contributed by atoms with Gasteiger partial charge in [0, 0.05) is 10.0 Å². The molecule has 0 bridgehead atoms. The second-order valence-electron chi connectivity index (χ2n) is 4.19. The van der Waals surface area contributed by atoms with E-state index in [9.17, 15) is 0 Å². The van der Waals surface area contributed by atoms with Gasteiger partial charge in [0.1, 0.15) is 0 Å². The van der Waals surface area contributed by atoms with E-state index < -0.39 is 0 Å². The maximum atomic E-state index is 6.11. The molecule has 0 saturated heterocycles. The Labute approximate surface area is 108 Å². The Morgan fingerprint density at radius 3 is 2.75 bits per heavy atom. The minimum Gasteiger partial charge on any atom is -0.317 e. The van der Waals surface area contributed by atoms with Crippen LogP contribution in [0.5, 0.6) is 0 Å². The van der Waals surface area contributed by atoms with Gasteiger partial charge in [-0.15, -0.1) is 0 Å². The lowest BCUT2D eigenvalue weighted by atomic mass is 10.0. The first kappa shape index (κ1) is 13.8. The van der Waals surface area contributed by atoms with Crippen molar-refractivity contribution < 1.29 is 0 Å². The summed E-state index contributed by atoms with van der Waals surface area (Å²) in [7, 11) is 0. The summed E-state index contributed by atoms with van der Waals surface area (Å²) in [6.45, 7) is 6.47. The van der Waals surface area contributed by atoms with Crippen LogP contribution >= 0.6 is 23.2 Å². The highest BCUT2D eigenvalue weighted by Crippen LogP contribution is 2.22. The number of benzene rings is 1. The molecule has 1 aromatic rings. The second kappa shape index (κ2) is 7.16. The summed E-state index contributed by atoms with van der Waals surface area (Å²) in [5.41, 5.74) is 1.15. The molecule has 0 saturated carbocycles. The van der Waals surface area contributed by atoms with E-state index in [0.717, 1.165) is 41.5 Å². The van der Waals surface area contributed by atoms with Gasteiger partial charge in [-0.2, -0.15) is 0 Å². The molecule has 0 radical (unpaired) electrons. The van der Waals surface area contributed by atoms with E-state index in [1.165, 1.54) is 0 Å². The fourth-order valence-electron chi connectivity index (χ4n) is 1.63. The largest absolute Gasteiger partial charge is 0.317 e. The Morgan fingerprint density at radius 1 is 1.31 bits per heavy atom. The Hall–Kier alpha value is -0.240. The van der Waals surface area contributed by atoms with Crippen molar-refractivity contribution in [3.05, 3.63) is 33.8 Å². The van der Waals surface area contributed by atoms with Crippen molar-refractivity contribution in [1.82, 2.24) is 5.32 Å². The zero-order chi connectivity index (χ0) is 12.0. The number of nitrogens with one attached hydrogen (secondary N) is 1. The SMILES string of the molecule is CCNCC(C)CCc1cc(Cl)ccc1Cl. The van der Waals surface area contributed by atoms with Crippen LogP contribution in [-0.4, -0.2) is 13.1 Å². The molecule has 1 rings (SSSR count). The standard InChI is InChI=1S/C13H19Cl2N/c1-3-16-9-10(2)4-5-11-8-12(14)6-7-13(11)15/h6-8,10,16H,3-5,9H2,1-2H3. The quantitative estimate of drug-likeness (QED) is 0.809. The lowest BCUT2D eigenvalue weighted by molar-refractivity contribution is 0.489. The average Bonchev–Trinajstić information content (AvgIpc) is 2.27. The summed E-state index contributed by atoms with van der Waals surface area (Å²) < 4.78 is 0. The van der Waals surface area contributed by atoms with Gasteiger partial charge in [-0.25, -0.2) is 0 Å². The first-order valence-electron chi connectivity index (χ1n) is 5.78. The van der Waals surface area contributed by atoms with Crippen LogP contribution in [0.3, 0.4) is 0 Å². The monoisotopic (exact) mass is 259 g/mol. The number of hydrogen-bond acceptors (Lipinski definition) is 1. The van der Waals surface area contributed by atoms with E-state index in [0.29, 0.717) is 5.92 Å². The zero-order valence-electron chi connectivity index (χ0n) is 9.89. The predicted molar refractivity (Wildman–Crippen MR) is 72.5 cm³/mol. The third-order valence-corrected chi connectivity index (χ3v) is 3.26. The average molecular weight is 260 g/mol. The van der Waals surface area contributed by atoms with Crippen molar-refractivity contribution in [3.63, 3.8) is 0 Å². The fraction of sp³-hybridized carbons (Fsp3) is 0.538.